The molecular weight excluding hydrogens is 502 g/mol. The van der Waals surface area contributed by atoms with Crippen molar-refractivity contribution in [2.75, 3.05) is 36.6 Å². The molecule has 1 saturated heterocycles. The Kier molecular flexibility index (Phi) is 7.15. The summed E-state index contributed by atoms with van der Waals surface area (Å²) < 4.78 is 30.5. The Morgan fingerprint density at radius 3 is 2.53 bits per heavy atom. The van der Waals surface area contributed by atoms with Crippen LogP contribution >= 0.6 is 0 Å². The first kappa shape index (κ1) is 25.5. The summed E-state index contributed by atoms with van der Waals surface area (Å²) in [7, 11) is -0.645. The first-order valence-corrected chi connectivity index (χ1v) is 14.2. The Hall–Kier alpha value is -4.17. The predicted molar refractivity (Wildman–Crippen MR) is 146 cm³/mol. The van der Waals surface area contributed by atoms with E-state index in [1.54, 1.807) is 24.0 Å². The smallest absolute Gasteiger partial charge is 0.233 e. The molecule has 11 heteroatoms. The SMILES string of the molecule is COc1ccc(CN=S2(=O)CCN(c3ccc(-c4nc(OC(C)C)cn5ncc(C#N)c45)cn3)CC2)cc1. The van der Waals surface area contributed by atoms with Gasteiger partial charge in [-0.3, -0.25) is 0 Å². The van der Waals surface area contributed by atoms with E-state index in [-0.39, 0.29) is 6.10 Å². The summed E-state index contributed by atoms with van der Waals surface area (Å²) in [5.41, 5.74) is 3.37. The summed E-state index contributed by atoms with van der Waals surface area (Å²) >= 11 is 0. The number of rotatable bonds is 7. The van der Waals surface area contributed by atoms with Crippen molar-refractivity contribution in [3.63, 3.8) is 0 Å². The van der Waals surface area contributed by atoms with Gasteiger partial charge in [-0.2, -0.15) is 10.4 Å². The number of aromatic nitrogens is 4. The van der Waals surface area contributed by atoms with Crippen LogP contribution in [-0.2, 0) is 16.3 Å². The molecule has 3 aromatic heterocycles. The second-order valence-electron chi connectivity index (χ2n) is 9.27. The lowest BCUT2D eigenvalue weighted by atomic mass is 10.1. The van der Waals surface area contributed by atoms with Crippen molar-refractivity contribution in [2.24, 2.45) is 4.36 Å². The third kappa shape index (κ3) is 5.40. The van der Waals surface area contributed by atoms with E-state index < -0.39 is 9.73 Å². The highest BCUT2D eigenvalue weighted by Gasteiger charge is 2.22. The highest BCUT2D eigenvalue weighted by Crippen LogP contribution is 2.29. The lowest BCUT2D eigenvalue weighted by Crippen LogP contribution is -2.40. The monoisotopic (exact) mass is 531 g/mol. The van der Waals surface area contributed by atoms with Gasteiger partial charge in [0.25, 0.3) is 0 Å². The van der Waals surface area contributed by atoms with E-state index in [0.29, 0.717) is 53.8 Å². The van der Waals surface area contributed by atoms with E-state index in [2.05, 4.69) is 30.4 Å². The molecule has 4 heterocycles. The van der Waals surface area contributed by atoms with Crippen LogP contribution < -0.4 is 14.4 Å². The van der Waals surface area contributed by atoms with Crippen LogP contribution in [0.3, 0.4) is 0 Å². The highest BCUT2D eigenvalue weighted by atomic mass is 32.2. The number of fused-ring (bicyclic) bond motifs is 1. The molecule has 38 heavy (non-hydrogen) atoms. The summed E-state index contributed by atoms with van der Waals surface area (Å²) in [6, 6.07) is 13.7. The molecule has 0 bridgehead atoms. The number of nitrogens with zero attached hydrogens (tertiary/aromatic N) is 7. The zero-order chi connectivity index (χ0) is 26.7. The Morgan fingerprint density at radius 2 is 1.89 bits per heavy atom. The first-order valence-electron chi connectivity index (χ1n) is 12.4. The zero-order valence-electron chi connectivity index (χ0n) is 21.6. The molecule has 0 unspecified atom stereocenters. The van der Waals surface area contributed by atoms with Gasteiger partial charge >= 0.3 is 0 Å². The van der Waals surface area contributed by atoms with Gasteiger partial charge in [0.2, 0.25) is 5.88 Å². The second-order valence-corrected chi connectivity index (χ2v) is 11.9. The molecular formula is C27H29N7O3S. The number of benzene rings is 1. The maximum atomic E-state index is 13.3. The lowest BCUT2D eigenvalue weighted by molar-refractivity contribution is 0.231. The zero-order valence-corrected chi connectivity index (χ0v) is 22.4. The molecule has 0 aliphatic carbocycles. The van der Waals surface area contributed by atoms with Crippen molar-refractivity contribution in [1.29, 1.82) is 5.26 Å². The quantitative estimate of drug-likeness (QED) is 0.352. The normalized spacial score (nSPS) is 14.9. The number of hydrogen-bond acceptors (Lipinski definition) is 9. The summed E-state index contributed by atoms with van der Waals surface area (Å²) in [5, 5.41) is 13.9. The van der Waals surface area contributed by atoms with Crippen LogP contribution in [0.4, 0.5) is 5.82 Å². The molecule has 0 spiro atoms. The fourth-order valence-electron chi connectivity index (χ4n) is 4.29. The van der Waals surface area contributed by atoms with Crippen LogP contribution in [0.25, 0.3) is 16.8 Å². The topological polar surface area (TPSA) is 118 Å². The maximum Gasteiger partial charge on any atom is 0.233 e. The molecule has 1 aliphatic heterocycles. The predicted octanol–water partition coefficient (Wildman–Crippen LogP) is 3.95. The van der Waals surface area contributed by atoms with Gasteiger partial charge in [0.1, 0.15) is 34.4 Å². The van der Waals surface area contributed by atoms with Crippen molar-refractivity contribution in [2.45, 2.75) is 26.5 Å². The molecule has 0 saturated carbocycles. The van der Waals surface area contributed by atoms with Gasteiger partial charge in [0.15, 0.2) is 0 Å². The largest absolute Gasteiger partial charge is 0.497 e. The minimum Gasteiger partial charge on any atom is -0.497 e. The van der Waals surface area contributed by atoms with E-state index in [1.165, 1.54) is 6.20 Å². The molecule has 4 aromatic rings. The minimum atomic E-state index is -2.28. The van der Waals surface area contributed by atoms with Crippen molar-refractivity contribution >= 4 is 21.1 Å². The van der Waals surface area contributed by atoms with Gasteiger partial charge in [0.05, 0.1) is 41.9 Å². The number of pyridine rings is 1. The Labute approximate surface area is 222 Å². The standard InChI is InChI=1S/C27H29N7O3S/c1-19(2)37-25-18-34-27(22(14-28)17-30-34)26(32-25)21-6-9-24(29-16-21)33-10-12-38(35,13-11-33)31-15-20-4-7-23(36-3)8-5-20/h4-9,16-19H,10-13,15H2,1-3H3. The average molecular weight is 532 g/mol. The molecule has 1 aliphatic rings. The lowest BCUT2D eigenvalue weighted by Gasteiger charge is -2.29. The molecule has 10 nitrogen and oxygen atoms in total. The third-order valence-corrected chi connectivity index (χ3v) is 8.54. The van der Waals surface area contributed by atoms with Gasteiger partial charge < -0.3 is 14.4 Å². The van der Waals surface area contributed by atoms with Crippen molar-refractivity contribution in [3.05, 3.63) is 66.1 Å². The van der Waals surface area contributed by atoms with Crippen molar-refractivity contribution in [3.8, 4) is 29.0 Å². The van der Waals surface area contributed by atoms with Gasteiger partial charge in [-0.25, -0.2) is 23.1 Å². The van der Waals surface area contributed by atoms with E-state index in [1.807, 2.05) is 50.2 Å². The molecule has 1 fully saturated rings. The highest BCUT2D eigenvalue weighted by molar-refractivity contribution is 7.93. The van der Waals surface area contributed by atoms with Crippen LogP contribution in [-0.4, -0.2) is 61.6 Å². The fraction of sp³-hybridized carbons (Fsp3) is 0.333. The molecule has 196 valence electrons. The molecule has 0 N–H and O–H groups in total. The number of nitriles is 1. The maximum absolute atomic E-state index is 13.3. The van der Waals surface area contributed by atoms with Crippen LogP contribution in [0.15, 0.2) is 59.4 Å². The molecule has 0 atom stereocenters. The van der Waals surface area contributed by atoms with E-state index in [9.17, 15) is 9.47 Å². The summed E-state index contributed by atoms with van der Waals surface area (Å²) in [6.07, 6.45) is 4.88. The van der Waals surface area contributed by atoms with Crippen LogP contribution in [0.1, 0.15) is 25.0 Å². The minimum absolute atomic E-state index is 0.0587. The average Bonchev–Trinajstić information content (AvgIpc) is 3.35. The molecule has 5 rings (SSSR count). The Bertz CT molecular complexity index is 1580. The van der Waals surface area contributed by atoms with Crippen LogP contribution in [0.5, 0.6) is 11.6 Å². The summed E-state index contributed by atoms with van der Waals surface area (Å²) in [6.45, 7) is 5.50. The number of ether oxygens (including phenoxy) is 2. The number of hydrogen-bond donors (Lipinski definition) is 0. The third-order valence-electron chi connectivity index (χ3n) is 6.30. The van der Waals surface area contributed by atoms with E-state index in [4.69, 9.17) is 9.47 Å². The number of methoxy groups -OCH3 is 1. The van der Waals surface area contributed by atoms with Gasteiger partial charge in [-0.1, -0.05) is 12.1 Å². The van der Waals surface area contributed by atoms with Gasteiger partial charge in [-0.05, 0) is 43.7 Å². The number of anilines is 1. The molecule has 0 amide bonds. The first-order chi connectivity index (χ1) is 18.4. The van der Waals surface area contributed by atoms with E-state index >= 15 is 0 Å². The molecule has 0 radical (unpaired) electrons. The summed E-state index contributed by atoms with van der Waals surface area (Å²) in [4.78, 5) is 11.5. The summed E-state index contributed by atoms with van der Waals surface area (Å²) in [5.74, 6) is 2.99. The van der Waals surface area contributed by atoms with Crippen molar-refractivity contribution < 1.29 is 13.7 Å². The van der Waals surface area contributed by atoms with Crippen molar-refractivity contribution in [1.82, 2.24) is 19.6 Å². The van der Waals surface area contributed by atoms with Crippen LogP contribution in [0.2, 0.25) is 0 Å². The van der Waals surface area contributed by atoms with Crippen LogP contribution in [0, 0.1) is 11.3 Å². The second kappa shape index (κ2) is 10.7. The van der Waals surface area contributed by atoms with Gasteiger partial charge in [-0.15, -0.1) is 0 Å². The fourth-order valence-corrected chi connectivity index (χ4v) is 6.15. The van der Waals surface area contributed by atoms with Gasteiger partial charge in [0, 0.05) is 36.4 Å². The Balaban J connectivity index is 1.32. The molecule has 1 aromatic carbocycles. The Morgan fingerprint density at radius 1 is 1.13 bits per heavy atom. The van der Waals surface area contributed by atoms with E-state index in [0.717, 1.165) is 22.7 Å².